The van der Waals surface area contributed by atoms with Crippen molar-refractivity contribution in [3.05, 3.63) is 52.5 Å². The van der Waals surface area contributed by atoms with Crippen LogP contribution in [0.3, 0.4) is 0 Å². The van der Waals surface area contributed by atoms with Gasteiger partial charge >= 0.3 is 0 Å². The first-order valence-corrected chi connectivity index (χ1v) is 11.6. The van der Waals surface area contributed by atoms with Crippen molar-refractivity contribution in [3.63, 3.8) is 0 Å². The van der Waals surface area contributed by atoms with Crippen molar-refractivity contribution in [1.82, 2.24) is 20.2 Å². The van der Waals surface area contributed by atoms with Crippen LogP contribution < -0.4 is 15.2 Å². The number of sulfonamides is 1. The molecule has 0 fully saturated rings. The van der Waals surface area contributed by atoms with Gasteiger partial charge in [0, 0.05) is 16.3 Å². The van der Waals surface area contributed by atoms with Gasteiger partial charge < -0.3 is 10.5 Å². The van der Waals surface area contributed by atoms with Gasteiger partial charge in [0.05, 0.1) is 11.1 Å². The van der Waals surface area contributed by atoms with Crippen LogP contribution in [-0.4, -0.2) is 34.7 Å². The molecule has 4 rings (SSSR count). The Hall–Kier alpha value is -3.08. The second-order valence-electron chi connectivity index (χ2n) is 7.11. The summed E-state index contributed by atoms with van der Waals surface area (Å²) < 4.78 is 33.7. The van der Waals surface area contributed by atoms with E-state index in [2.05, 4.69) is 24.9 Å². The van der Waals surface area contributed by atoms with E-state index in [0.717, 1.165) is 0 Å². The zero-order valence-corrected chi connectivity index (χ0v) is 19.3. The van der Waals surface area contributed by atoms with E-state index in [1.807, 2.05) is 13.8 Å². The molecule has 12 heteroatoms. The third-order valence-electron chi connectivity index (χ3n) is 4.34. The normalized spacial score (nSPS) is 11.8. The highest BCUT2D eigenvalue weighted by atomic mass is 35.5. The summed E-state index contributed by atoms with van der Waals surface area (Å²) in [4.78, 5) is 8.81. The molecule has 2 heterocycles. The van der Waals surface area contributed by atoms with Crippen LogP contribution in [0.2, 0.25) is 10.0 Å². The van der Waals surface area contributed by atoms with Crippen LogP contribution >= 0.6 is 23.2 Å². The Balaban J connectivity index is 1.65. The number of aromatic nitrogens is 4. The molecule has 2 aromatic carbocycles. The molecule has 166 valence electrons. The zero-order chi connectivity index (χ0) is 23.0. The van der Waals surface area contributed by atoms with E-state index in [0.29, 0.717) is 34.0 Å². The smallest absolute Gasteiger partial charge is 0.263 e. The molecule has 0 unspecified atom stereocenters. The molecule has 0 amide bonds. The Bertz CT molecular complexity index is 1410. The second kappa shape index (κ2) is 8.45. The molecule has 32 heavy (non-hydrogen) atoms. The SMILES string of the molecule is CC(C)Oc1nc(-c2ccc(NS(=O)(=O)c3cc(Cl)ccc3Cl)cc2)nc2[nH]nc(N)c12. The van der Waals surface area contributed by atoms with Gasteiger partial charge in [-0.3, -0.25) is 9.82 Å². The maximum atomic E-state index is 12.7. The number of nitrogens with zero attached hydrogens (tertiary/aromatic N) is 3. The van der Waals surface area contributed by atoms with Crippen molar-refractivity contribution < 1.29 is 13.2 Å². The summed E-state index contributed by atoms with van der Waals surface area (Å²) in [6.45, 7) is 3.74. The minimum atomic E-state index is -3.94. The third kappa shape index (κ3) is 4.43. The monoisotopic (exact) mass is 492 g/mol. The summed E-state index contributed by atoms with van der Waals surface area (Å²) in [7, 11) is -3.94. The molecule has 0 bridgehead atoms. The molecule has 9 nitrogen and oxygen atoms in total. The fourth-order valence-electron chi connectivity index (χ4n) is 2.94. The Morgan fingerprint density at radius 1 is 1.09 bits per heavy atom. The molecule has 0 aliphatic carbocycles. The Morgan fingerprint density at radius 2 is 1.81 bits per heavy atom. The van der Waals surface area contributed by atoms with Crippen LogP contribution in [0, 0.1) is 0 Å². The van der Waals surface area contributed by atoms with Gasteiger partial charge in [-0.15, -0.1) is 0 Å². The largest absolute Gasteiger partial charge is 0.474 e. The van der Waals surface area contributed by atoms with Crippen molar-refractivity contribution >= 4 is 55.8 Å². The number of rotatable bonds is 6. The standard InChI is InChI=1S/C20H18Cl2N6O3S/c1-10(2)31-20-16-17(23)26-27-19(16)24-18(25-20)11-3-6-13(7-4-11)28-32(29,30)15-9-12(21)5-8-14(15)22/h3-10,28H,1-2H3,(H3,23,24,25,26,27). The van der Waals surface area contributed by atoms with Crippen molar-refractivity contribution in [1.29, 1.82) is 0 Å². The molecule has 0 radical (unpaired) electrons. The Morgan fingerprint density at radius 3 is 2.50 bits per heavy atom. The highest BCUT2D eigenvalue weighted by Gasteiger charge is 2.20. The number of anilines is 2. The van der Waals surface area contributed by atoms with Crippen LogP contribution in [0.5, 0.6) is 5.88 Å². The van der Waals surface area contributed by atoms with E-state index in [9.17, 15) is 8.42 Å². The predicted molar refractivity (Wildman–Crippen MR) is 125 cm³/mol. The van der Waals surface area contributed by atoms with E-state index in [1.54, 1.807) is 24.3 Å². The summed E-state index contributed by atoms with van der Waals surface area (Å²) in [5, 5.41) is 7.56. The number of fused-ring (bicyclic) bond motifs is 1. The molecular formula is C20H18Cl2N6O3S. The summed E-state index contributed by atoms with van der Waals surface area (Å²) >= 11 is 11.9. The lowest BCUT2D eigenvalue weighted by molar-refractivity contribution is 0.236. The number of halogens is 2. The summed E-state index contributed by atoms with van der Waals surface area (Å²) in [6, 6.07) is 10.8. The molecule has 4 N–H and O–H groups in total. The highest BCUT2D eigenvalue weighted by molar-refractivity contribution is 7.92. The molecule has 2 aromatic heterocycles. The fraction of sp³-hybridized carbons (Fsp3) is 0.150. The molecule has 4 aromatic rings. The average molecular weight is 493 g/mol. The quantitative estimate of drug-likeness (QED) is 0.360. The fourth-order valence-corrected chi connectivity index (χ4v) is 4.76. The van der Waals surface area contributed by atoms with Gasteiger partial charge in [0.25, 0.3) is 10.0 Å². The number of aromatic amines is 1. The van der Waals surface area contributed by atoms with E-state index in [-0.39, 0.29) is 26.9 Å². The average Bonchev–Trinajstić information content (AvgIpc) is 3.10. The van der Waals surface area contributed by atoms with Crippen molar-refractivity contribution in [2.75, 3.05) is 10.5 Å². The third-order valence-corrected chi connectivity index (χ3v) is 6.44. The van der Waals surface area contributed by atoms with E-state index in [4.69, 9.17) is 33.7 Å². The van der Waals surface area contributed by atoms with Crippen LogP contribution in [0.15, 0.2) is 47.4 Å². The Labute approximate surface area is 194 Å². The lowest BCUT2D eigenvalue weighted by Crippen LogP contribution is -2.13. The molecule has 0 aliphatic rings. The molecule has 0 spiro atoms. The van der Waals surface area contributed by atoms with Crippen LogP contribution in [0.1, 0.15) is 13.8 Å². The van der Waals surface area contributed by atoms with Crippen LogP contribution in [0.4, 0.5) is 11.5 Å². The van der Waals surface area contributed by atoms with E-state index in [1.165, 1.54) is 18.2 Å². The first-order valence-electron chi connectivity index (χ1n) is 9.40. The van der Waals surface area contributed by atoms with E-state index >= 15 is 0 Å². The minimum absolute atomic E-state index is 0.0664. The number of hydrogen-bond acceptors (Lipinski definition) is 7. The minimum Gasteiger partial charge on any atom is -0.474 e. The van der Waals surface area contributed by atoms with Gasteiger partial charge in [0.2, 0.25) is 5.88 Å². The number of hydrogen-bond donors (Lipinski definition) is 3. The maximum absolute atomic E-state index is 12.7. The van der Waals surface area contributed by atoms with Gasteiger partial charge in [-0.05, 0) is 56.3 Å². The predicted octanol–water partition coefficient (Wildman–Crippen LogP) is 4.50. The molecule has 0 atom stereocenters. The number of nitrogens with one attached hydrogen (secondary N) is 2. The number of nitrogens with two attached hydrogens (primary N) is 1. The topological polar surface area (TPSA) is 136 Å². The molecular weight excluding hydrogens is 475 g/mol. The molecule has 0 saturated heterocycles. The van der Waals surface area contributed by atoms with Crippen molar-refractivity contribution in [3.8, 4) is 17.3 Å². The van der Waals surface area contributed by atoms with Crippen LogP contribution in [-0.2, 0) is 10.0 Å². The lowest BCUT2D eigenvalue weighted by atomic mass is 10.2. The first kappa shape index (κ1) is 22.1. The van der Waals surface area contributed by atoms with Crippen LogP contribution in [0.25, 0.3) is 22.4 Å². The lowest BCUT2D eigenvalue weighted by Gasteiger charge is -2.12. The second-order valence-corrected chi connectivity index (χ2v) is 9.60. The van der Waals surface area contributed by atoms with Crippen molar-refractivity contribution in [2.24, 2.45) is 0 Å². The number of benzene rings is 2. The number of nitrogen functional groups attached to an aromatic ring is 1. The first-order chi connectivity index (χ1) is 15.1. The summed E-state index contributed by atoms with van der Waals surface area (Å²) in [5.74, 6) is 0.919. The van der Waals surface area contributed by atoms with Gasteiger partial charge in [-0.2, -0.15) is 10.1 Å². The molecule has 0 aliphatic heterocycles. The van der Waals surface area contributed by atoms with Gasteiger partial charge in [-0.1, -0.05) is 23.2 Å². The Kier molecular flexibility index (Phi) is 5.85. The zero-order valence-electron chi connectivity index (χ0n) is 16.9. The number of ether oxygens (including phenoxy) is 1. The summed E-state index contributed by atoms with van der Waals surface area (Å²) in [6.07, 6.45) is -0.134. The van der Waals surface area contributed by atoms with Gasteiger partial charge in [-0.25, -0.2) is 13.4 Å². The maximum Gasteiger partial charge on any atom is 0.263 e. The summed E-state index contributed by atoms with van der Waals surface area (Å²) in [5.41, 5.74) is 7.30. The van der Waals surface area contributed by atoms with Gasteiger partial charge in [0.15, 0.2) is 17.3 Å². The number of H-pyrrole nitrogens is 1. The highest BCUT2D eigenvalue weighted by Crippen LogP contribution is 2.31. The van der Waals surface area contributed by atoms with Gasteiger partial charge in [0.1, 0.15) is 10.3 Å². The van der Waals surface area contributed by atoms with Crippen molar-refractivity contribution in [2.45, 2.75) is 24.8 Å². The molecule has 0 saturated carbocycles. The van der Waals surface area contributed by atoms with E-state index < -0.39 is 10.0 Å².